The Bertz CT molecular complexity index is 215. The topological polar surface area (TPSA) is 48.5 Å². The van der Waals surface area contributed by atoms with Gasteiger partial charge >= 0.3 is 36.0 Å². The van der Waals surface area contributed by atoms with Gasteiger partial charge in [0.15, 0.2) is 0 Å². The first-order valence-electron chi connectivity index (χ1n) is 5.84. The van der Waals surface area contributed by atoms with Crippen LogP contribution in [0.2, 0.25) is 0 Å². The second-order valence-corrected chi connectivity index (χ2v) is 4.70. The SMILES string of the molecule is CC1(C)C=NCCNCCNCCNC1.[Cl-].[Cl-].[Cl-].[Cl-].[Ni+2].[Zn+2]. The predicted molar refractivity (Wildman–Crippen MR) is 65.7 cm³/mol. The van der Waals surface area contributed by atoms with Crippen molar-refractivity contribution in [3.63, 3.8) is 0 Å². The molecule has 0 saturated heterocycles. The van der Waals surface area contributed by atoms with E-state index in [0.717, 1.165) is 45.8 Å². The van der Waals surface area contributed by atoms with Crippen molar-refractivity contribution in [1.29, 1.82) is 0 Å². The van der Waals surface area contributed by atoms with E-state index in [9.17, 15) is 0 Å². The Morgan fingerprint density at radius 2 is 1.24 bits per heavy atom. The van der Waals surface area contributed by atoms with Crippen LogP contribution in [0, 0.1) is 5.41 Å². The summed E-state index contributed by atoms with van der Waals surface area (Å²) in [5.41, 5.74) is 0.161. The molecule has 4 nitrogen and oxygen atoms in total. The normalized spacial score (nSPS) is 17.8. The Kier molecular flexibility index (Phi) is 44.0. The maximum absolute atomic E-state index is 4.44. The zero-order chi connectivity index (χ0) is 11.0. The molecule has 1 aliphatic heterocycles. The first-order valence-corrected chi connectivity index (χ1v) is 5.84. The zero-order valence-electron chi connectivity index (χ0n) is 12.5. The second-order valence-electron chi connectivity index (χ2n) is 4.70. The molecule has 128 valence electrons. The first kappa shape index (κ1) is 38.4. The van der Waals surface area contributed by atoms with Crippen LogP contribution in [0.1, 0.15) is 13.8 Å². The maximum Gasteiger partial charge on any atom is 2.00 e. The fourth-order valence-corrected chi connectivity index (χ4v) is 1.52. The summed E-state index contributed by atoms with van der Waals surface area (Å²) in [6.07, 6.45) is 2.08. The summed E-state index contributed by atoms with van der Waals surface area (Å²) >= 11 is 0. The molecule has 10 heteroatoms. The van der Waals surface area contributed by atoms with Crippen molar-refractivity contribution >= 4 is 6.21 Å². The van der Waals surface area contributed by atoms with Crippen LogP contribution in [0.5, 0.6) is 0 Å². The standard InChI is InChI=1S/C11H24N4.4ClH.Ni.Zn/c1-11(2)9-14-7-5-12-3-4-13-6-8-15-10-11;;;;;;/h9,12-13,15H,3-8,10H2,1-2H3;4*1H;;/q;;;;;2*+2/p-4. The summed E-state index contributed by atoms with van der Waals surface area (Å²) in [7, 11) is 0. The Hall–Kier alpha value is 1.83. The van der Waals surface area contributed by atoms with Gasteiger partial charge in [0.05, 0.1) is 6.54 Å². The van der Waals surface area contributed by atoms with Crippen LogP contribution in [0.15, 0.2) is 4.99 Å². The van der Waals surface area contributed by atoms with E-state index in [0.29, 0.717) is 0 Å². The van der Waals surface area contributed by atoms with Crippen molar-refractivity contribution in [3.8, 4) is 0 Å². The summed E-state index contributed by atoms with van der Waals surface area (Å²) in [6, 6.07) is 0. The van der Waals surface area contributed by atoms with Gasteiger partial charge in [0.1, 0.15) is 0 Å². The summed E-state index contributed by atoms with van der Waals surface area (Å²) in [5, 5.41) is 10.2. The number of aliphatic imine (C=N–C) groups is 1. The fourth-order valence-electron chi connectivity index (χ4n) is 1.52. The van der Waals surface area contributed by atoms with E-state index in [1.54, 1.807) is 0 Å². The van der Waals surface area contributed by atoms with Crippen LogP contribution in [-0.4, -0.2) is 52.0 Å². The Morgan fingerprint density at radius 3 is 1.76 bits per heavy atom. The molecule has 0 spiro atoms. The molecular weight excluding hydrogens is 454 g/mol. The van der Waals surface area contributed by atoms with E-state index in [4.69, 9.17) is 0 Å². The second kappa shape index (κ2) is 24.1. The van der Waals surface area contributed by atoms with Gasteiger partial charge in [0.2, 0.25) is 0 Å². The van der Waals surface area contributed by atoms with Crippen molar-refractivity contribution in [1.82, 2.24) is 16.0 Å². The number of nitrogens with one attached hydrogen (secondary N) is 3. The van der Waals surface area contributed by atoms with Gasteiger partial charge < -0.3 is 65.6 Å². The van der Waals surface area contributed by atoms with Gasteiger partial charge in [0, 0.05) is 50.9 Å². The van der Waals surface area contributed by atoms with Crippen LogP contribution in [0.4, 0.5) is 0 Å². The minimum absolute atomic E-state index is 0. The van der Waals surface area contributed by atoms with E-state index in [1.807, 2.05) is 0 Å². The van der Waals surface area contributed by atoms with Gasteiger partial charge in [-0.25, -0.2) is 0 Å². The summed E-state index contributed by atoms with van der Waals surface area (Å²) in [5.74, 6) is 0. The van der Waals surface area contributed by atoms with Gasteiger partial charge in [-0.05, 0) is 0 Å². The minimum atomic E-state index is 0. The molecule has 1 heterocycles. The van der Waals surface area contributed by atoms with Crippen molar-refractivity contribution in [2.75, 3.05) is 45.8 Å². The van der Waals surface area contributed by atoms with Crippen molar-refractivity contribution < 1.29 is 85.6 Å². The molecule has 0 unspecified atom stereocenters. The third kappa shape index (κ3) is 24.2. The maximum atomic E-state index is 4.44. The van der Waals surface area contributed by atoms with Gasteiger partial charge in [0.25, 0.3) is 0 Å². The van der Waals surface area contributed by atoms with Gasteiger partial charge in [-0.1, -0.05) is 13.8 Å². The molecule has 0 amide bonds. The van der Waals surface area contributed by atoms with Crippen LogP contribution in [0.25, 0.3) is 0 Å². The van der Waals surface area contributed by atoms with Gasteiger partial charge in [-0.3, -0.25) is 4.99 Å². The van der Waals surface area contributed by atoms with Crippen molar-refractivity contribution in [2.45, 2.75) is 13.8 Å². The molecule has 21 heavy (non-hydrogen) atoms. The third-order valence-electron chi connectivity index (χ3n) is 2.40. The molecule has 3 N–H and O–H groups in total. The molecular formula is C11H24Cl4N4NiZn. The van der Waals surface area contributed by atoms with E-state index < -0.39 is 0 Å². The largest absolute Gasteiger partial charge is 2.00 e. The van der Waals surface area contributed by atoms with E-state index >= 15 is 0 Å². The monoisotopic (exact) mass is 474 g/mol. The predicted octanol–water partition coefficient (Wildman–Crippen LogP) is -12.1. The van der Waals surface area contributed by atoms with Gasteiger partial charge in [-0.2, -0.15) is 0 Å². The van der Waals surface area contributed by atoms with E-state index in [1.165, 1.54) is 0 Å². The number of rotatable bonds is 0. The van der Waals surface area contributed by atoms with Crippen LogP contribution in [-0.2, 0) is 36.0 Å². The molecule has 0 aliphatic carbocycles. The smallest absolute Gasteiger partial charge is 1.00 e. The molecule has 0 bridgehead atoms. The molecule has 0 aromatic carbocycles. The summed E-state index contributed by atoms with van der Waals surface area (Å²) < 4.78 is 0. The Labute approximate surface area is 176 Å². The molecule has 0 atom stereocenters. The molecule has 0 fully saturated rings. The molecule has 0 radical (unpaired) electrons. The molecule has 0 saturated carbocycles. The Balaban J connectivity index is -0.0000000937. The zero-order valence-corrected chi connectivity index (χ0v) is 19.5. The van der Waals surface area contributed by atoms with Crippen LogP contribution >= 0.6 is 0 Å². The molecule has 0 aromatic rings. The van der Waals surface area contributed by atoms with Crippen molar-refractivity contribution in [3.05, 3.63) is 0 Å². The van der Waals surface area contributed by atoms with Crippen LogP contribution < -0.4 is 65.6 Å². The molecule has 1 rings (SSSR count). The number of hydrogen-bond donors (Lipinski definition) is 3. The quantitative estimate of drug-likeness (QED) is 0.304. The average molecular weight is 478 g/mol. The Morgan fingerprint density at radius 1 is 0.810 bits per heavy atom. The van der Waals surface area contributed by atoms with Crippen LogP contribution in [0.3, 0.4) is 0 Å². The molecule has 1 aliphatic rings. The number of nitrogens with zero attached hydrogens (tertiary/aromatic N) is 1. The van der Waals surface area contributed by atoms with E-state index in [-0.39, 0.29) is 91.0 Å². The summed E-state index contributed by atoms with van der Waals surface area (Å²) in [4.78, 5) is 4.44. The summed E-state index contributed by atoms with van der Waals surface area (Å²) in [6.45, 7) is 11.4. The number of hydrogen-bond acceptors (Lipinski definition) is 4. The fraction of sp³-hybridized carbons (Fsp3) is 0.909. The molecule has 0 aromatic heterocycles. The van der Waals surface area contributed by atoms with E-state index in [2.05, 4.69) is 41.0 Å². The van der Waals surface area contributed by atoms with Crippen molar-refractivity contribution in [2.24, 2.45) is 10.4 Å². The minimum Gasteiger partial charge on any atom is -1.00 e. The van der Waals surface area contributed by atoms with Gasteiger partial charge in [-0.15, -0.1) is 0 Å². The first-order chi connectivity index (χ1) is 7.21. The number of halogens is 4. The average Bonchev–Trinajstić information content (AvgIpc) is 2.20. The third-order valence-corrected chi connectivity index (χ3v) is 2.40.